The SMILES string of the molecule is CC1CN(C)CCCN1c1cncc(N)c1. The Morgan fingerprint density at radius 2 is 2.19 bits per heavy atom. The van der Waals surface area contributed by atoms with Gasteiger partial charge in [-0.1, -0.05) is 0 Å². The largest absolute Gasteiger partial charge is 0.397 e. The number of rotatable bonds is 1. The van der Waals surface area contributed by atoms with Crippen LogP contribution in [0.5, 0.6) is 0 Å². The topological polar surface area (TPSA) is 45.4 Å². The number of pyridine rings is 1. The third kappa shape index (κ3) is 2.44. The van der Waals surface area contributed by atoms with Crippen molar-refractivity contribution < 1.29 is 0 Å². The average Bonchev–Trinajstić information content (AvgIpc) is 2.39. The number of hydrogen-bond donors (Lipinski definition) is 1. The lowest BCUT2D eigenvalue weighted by atomic mass is 10.2. The van der Waals surface area contributed by atoms with Crippen LogP contribution in [0.25, 0.3) is 0 Å². The number of nitrogens with two attached hydrogens (primary N) is 1. The van der Waals surface area contributed by atoms with E-state index >= 15 is 0 Å². The van der Waals surface area contributed by atoms with Gasteiger partial charge in [-0.3, -0.25) is 4.98 Å². The van der Waals surface area contributed by atoms with Crippen LogP contribution < -0.4 is 10.6 Å². The third-order valence-electron chi connectivity index (χ3n) is 3.12. The summed E-state index contributed by atoms with van der Waals surface area (Å²) in [5.74, 6) is 0. The summed E-state index contributed by atoms with van der Waals surface area (Å²) in [4.78, 5) is 8.94. The van der Waals surface area contributed by atoms with Crippen LogP contribution in [0.4, 0.5) is 11.4 Å². The zero-order chi connectivity index (χ0) is 11.5. The Bertz CT molecular complexity index is 353. The molecule has 1 aromatic rings. The maximum Gasteiger partial charge on any atom is 0.0576 e. The fourth-order valence-electron chi connectivity index (χ4n) is 2.36. The van der Waals surface area contributed by atoms with Crippen molar-refractivity contribution in [3.63, 3.8) is 0 Å². The second-order valence-corrected chi connectivity index (χ2v) is 4.63. The predicted octanol–water partition coefficient (Wildman–Crippen LogP) is 1.19. The lowest BCUT2D eigenvalue weighted by molar-refractivity contribution is 0.337. The molecule has 2 rings (SSSR count). The Labute approximate surface area is 97.1 Å². The molecule has 4 heteroatoms. The molecule has 1 aromatic heterocycles. The van der Waals surface area contributed by atoms with Crippen LogP contribution in [-0.2, 0) is 0 Å². The van der Waals surface area contributed by atoms with Gasteiger partial charge in [-0.25, -0.2) is 0 Å². The van der Waals surface area contributed by atoms with Gasteiger partial charge in [-0.05, 0) is 33.0 Å². The molecule has 0 spiro atoms. The summed E-state index contributed by atoms with van der Waals surface area (Å²) >= 11 is 0. The van der Waals surface area contributed by atoms with Gasteiger partial charge in [0.05, 0.1) is 17.6 Å². The Kier molecular flexibility index (Phi) is 3.29. The molecule has 0 saturated carbocycles. The standard InChI is InChI=1S/C12H20N4/c1-10-9-15(2)4-3-5-16(10)12-6-11(13)7-14-8-12/h6-8,10H,3-5,9,13H2,1-2H3. The van der Waals surface area contributed by atoms with Crippen molar-refractivity contribution in [2.75, 3.05) is 37.3 Å². The molecule has 1 unspecified atom stereocenters. The first-order valence-electron chi connectivity index (χ1n) is 5.82. The maximum atomic E-state index is 5.78. The monoisotopic (exact) mass is 220 g/mol. The van der Waals surface area contributed by atoms with E-state index in [9.17, 15) is 0 Å². The average molecular weight is 220 g/mol. The first-order chi connectivity index (χ1) is 7.66. The Balaban J connectivity index is 2.19. The van der Waals surface area contributed by atoms with Gasteiger partial charge in [-0.15, -0.1) is 0 Å². The summed E-state index contributed by atoms with van der Waals surface area (Å²) in [5.41, 5.74) is 7.66. The molecule has 0 bridgehead atoms. The molecule has 16 heavy (non-hydrogen) atoms. The van der Waals surface area contributed by atoms with E-state index in [2.05, 4.69) is 28.8 Å². The summed E-state index contributed by atoms with van der Waals surface area (Å²) in [7, 11) is 2.18. The van der Waals surface area contributed by atoms with Gasteiger partial charge in [0.1, 0.15) is 0 Å². The minimum atomic E-state index is 0.510. The van der Waals surface area contributed by atoms with Crippen LogP contribution >= 0.6 is 0 Å². The maximum absolute atomic E-state index is 5.78. The van der Waals surface area contributed by atoms with Gasteiger partial charge in [0.2, 0.25) is 0 Å². The Hall–Kier alpha value is -1.29. The molecule has 1 aliphatic heterocycles. The number of aromatic nitrogens is 1. The molecule has 4 nitrogen and oxygen atoms in total. The second kappa shape index (κ2) is 4.70. The van der Waals surface area contributed by atoms with Gasteiger partial charge in [-0.2, -0.15) is 0 Å². The van der Waals surface area contributed by atoms with Gasteiger partial charge in [0, 0.05) is 25.3 Å². The molecule has 1 fully saturated rings. The van der Waals surface area contributed by atoms with E-state index in [-0.39, 0.29) is 0 Å². The lowest BCUT2D eigenvalue weighted by Gasteiger charge is -2.29. The normalized spacial score (nSPS) is 23.1. The van der Waals surface area contributed by atoms with E-state index in [4.69, 9.17) is 5.73 Å². The van der Waals surface area contributed by atoms with Crippen molar-refractivity contribution in [3.8, 4) is 0 Å². The molecule has 1 aliphatic rings. The highest BCUT2D eigenvalue weighted by molar-refractivity contribution is 5.54. The molecule has 1 saturated heterocycles. The summed E-state index contributed by atoms with van der Waals surface area (Å²) in [6, 6.07) is 2.52. The van der Waals surface area contributed by atoms with E-state index < -0.39 is 0 Å². The van der Waals surface area contributed by atoms with Crippen molar-refractivity contribution in [3.05, 3.63) is 18.5 Å². The van der Waals surface area contributed by atoms with Crippen molar-refractivity contribution >= 4 is 11.4 Å². The van der Waals surface area contributed by atoms with Crippen molar-refractivity contribution in [2.45, 2.75) is 19.4 Å². The van der Waals surface area contributed by atoms with Gasteiger partial charge in [0.15, 0.2) is 0 Å². The fraction of sp³-hybridized carbons (Fsp3) is 0.583. The number of anilines is 2. The summed E-state index contributed by atoms with van der Waals surface area (Å²) < 4.78 is 0. The molecule has 1 atom stereocenters. The number of likely N-dealkylation sites (N-methyl/N-ethyl adjacent to an activating group) is 1. The molecule has 0 radical (unpaired) electrons. The van der Waals surface area contributed by atoms with Crippen LogP contribution in [0.1, 0.15) is 13.3 Å². The second-order valence-electron chi connectivity index (χ2n) is 4.63. The smallest absolute Gasteiger partial charge is 0.0576 e. The summed E-state index contributed by atoms with van der Waals surface area (Å²) in [5, 5.41) is 0. The molecule has 2 heterocycles. The highest BCUT2D eigenvalue weighted by Crippen LogP contribution is 2.20. The van der Waals surface area contributed by atoms with Gasteiger partial charge < -0.3 is 15.5 Å². The number of nitrogens with zero attached hydrogens (tertiary/aromatic N) is 3. The third-order valence-corrected chi connectivity index (χ3v) is 3.12. The van der Waals surface area contributed by atoms with Gasteiger partial charge in [0.25, 0.3) is 0 Å². The van der Waals surface area contributed by atoms with Crippen LogP contribution in [0.15, 0.2) is 18.5 Å². The number of nitrogen functional groups attached to an aromatic ring is 1. The molecular formula is C12H20N4. The summed E-state index contributed by atoms with van der Waals surface area (Å²) in [6.07, 6.45) is 4.78. The van der Waals surface area contributed by atoms with Crippen molar-refractivity contribution in [1.82, 2.24) is 9.88 Å². The van der Waals surface area contributed by atoms with E-state index in [1.54, 1.807) is 6.20 Å². The highest BCUT2D eigenvalue weighted by atomic mass is 15.2. The Morgan fingerprint density at radius 3 is 2.94 bits per heavy atom. The van der Waals surface area contributed by atoms with E-state index in [0.717, 1.165) is 31.0 Å². The van der Waals surface area contributed by atoms with E-state index in [1.807, 2.05) is 12.3 Å². The molecular weight excluding hydrogens is 200 g/mol. The minimum Gasteiger partial charge on any atom is -0.397 e. The van der Waals surface area contributed by atoms with Gasteiger partial charge >= 0.3 is 0 Å². The molecule has 88 valence electrons. The molecule has 0 amide bonds. The number of hydrogen-bond acceptors (Lipinski definition) is 4. The molecule has 2 N–H and O–H groups in total. The minimum absolute atomic E-state index is 0.510. The van der Waals surface area contributed by atoms with E-state index in [1.165, 1.54) is 6.42 Å². The van der Waals surface area contributed by atoms with Crippen molar-refractivity contribution in [2.24, 2.45) is 0 Å². The van der Waals surface area contributed by atoms with Crippen LogP contribution in [0, 0.1) is 0 Å². The van der Waals surface area contributed by atoms with Crippen LogP contribution in [-0.4, -0.2) is 42.6 Å². The van der Waals surface area contributed by atoms with E-state index in [0.29, 0.717) is 6.04 Å². The zero-order valence-corrected chi connectivity index (χ0v) is 10.1. The zero-order valence-electron chi connectivity index (χ0n) is 10.1. The Morgan fingerprint density at radius 1 is 1.38 bits per heavy atom. The first-order valence-corrected chi connectivity index (χ1v) is 5.82. The quantitative estimate of drug-likeness (QED) is 0.772. The first kappa shape index (κ1) is 11.2. The lowest BCUT2D eigenvalue weighted by Crippen LogP contribution is -2.38. The van der Waals surface area contributed by atoms with Crippen LogP contribution in [0.3, 0.4) is 0 Å². The summed E-state index contributed by atoms with van der Waals surface area (Å²) in [6.45, 7) is 5.59. The molecule has 0 aromatic carbocycles. The predicted molar refractivity (Wildman–Crippen MR) is 67.6 cm³/mol. The van der Waals surface area contributed by atoms with Crippen LogP contribution in [0.2, 0.25) is 0 Å². The molecule has 0 aliphatic carbocycles. The fourth-order valence-corrected chi connectivity index (χ4v) is 2.36. The highest BCUT2D eigenvalue weighted by Gasteiger charge is 2.19. The van der Waals surface area contributed by atoms with Crippen molar-refractivity contribution in [1.29, 1.82) is 0 Å².